The van der Waals surface area contributed by atoms with E-state index in [2.05, 4.69) is 20.2 Å². The Kier molecular flexibility index (Phi) is 4.38. The fraction of sp³-hybridized carbons (Fsp3) is 0.312. The van der Waals surface area contributed by atoms with Gasteiger partial charge >= 0.3 is 0 Å². The Morgan fingerprint density at radius 2 is 2.22 bits per heavy atom. The van der Waals surface area contributed by atoms with Gasteiger partial charge in [0.05, 0.1) is 23.3 Å². The van der Waals surface area contributed by atoms with E-state index in [9.17, 15) is 4.79 Å². The van der Waals surface area contributed by atoms with Gasteiger partial charge in [-0.2, -0.15) is 0 Å². The highest BCUT2D eigenvalue weighted by molar-refractivity contribution is 6.07. The van der Waals surface area contributed by atoms with Gasteiger partial charge in [0.15, 0.2) is 5.69 Å². The van der Waals surface area contributed by atoms with Crippen LogP contribution in [-0.4, -0.2) is 35.0 Å². The van der Waals surface area contributed by atoms with Crippen molar-refractivity contribution in [1.29, 1.82) is 0 Å². The first-order valence-electron chi connectivity index (χ1n) is 7.61. The van der Waals surface area contributed by atoms with E-state index >= 15 is 0 Å². The van der Waals surface area contributed by atoms with Crippen LogP contribution in [-0.2, 0) is 0 Å². The molecule has 1 fully saturated rings. The molecule has 2 aromatic heterocycles. The average Bonchev–Trinajstić information content (AvgIpc) is 2.55. The zero-order chi connectivity index (χ0) is 16.2. The number of pyridine rings is 2. The molecule has 7 nitrogen and oxygen atoms in total. The highest BCUT2D eigenvalue weighted by atomic mass is 16.1. The number of piperidine rings is 1. The van der Waals surface area contributed by atoms with Gasteiger partial charge in [-0.1, -0.05) is 0 Å². The largest absolute Gasteiger partial charge is 0.397 e. The molecule has 120 valence electrons. The molecule has 1 amide bonds. The Labute approximate surface area is 134 Å². The van der Waals surface area contributed by atoms with Crippen LogP contribution in [0.5, 0.6) is 0 Å². The number of nitrogens with two attached hydrogens (primary N) is 2. The molecule has 7 heteroatoms. The average molecular weight is 312 g/mol. The molecule has 0 radical (unpaired) electrons. The lowest BCUT2D eigenvalue weighted by Gasteiger charge is -2.33. The number of anilines is 3. The maximum absolute atomic E-state index is 12.4. The second kappa shape index (κ2) is 6.62. The fourth-order valence-electron chi connectivity index (χ4n) is 2.78. The Morgan fingerprint density at radius 3 is 3.00 bits per heavy atom. The molecule has 0 unspecified atom stereocenters. The molecule has 0 aliphatic carbocycles. The summed E-state index contributed by atoms with van der Waals surface area (Å²) in [6, 6.07) is 5.37. The number of nitrogens with one attached hydrogen (secondary N) is 1. The first kappa shape index (κ1) is 15.2. The molecular weight excluding hydrogens is 292 g/mol. The van der Waals surface area contributed by atoms with Crippen LogP contribution in [0.15, 0.2) is 36.8 Å². The van der Waals surface area contributed by atoms with Gasteiger partial charge in [0, 0.05) is 31.5 Å². The Balaban J connectivity index is 1.83. The van der Waals surface area contributed by atoms with Crippen LogP contribution in [0.2, 0.25) is 0 Å². The van der Waals surface area contributed by atoms with E-state index in [1.807, 2.05) is 6.07 Å². The third-order valence-electron chi connectivity index (χ3n) is 3.90. The van der Waals surface area contributed by atoms with Gasteiger partial charge in [0.2, 0.25) is 0 Å². The van der Waals surface area contributed by atoms with Crippen molar-refractivity contribution < 1.29 is 4.79 Å². The van der Waals surface area contributed by atoms with E-state index < -0.39 is 0 Å². The monoisotopic (exact) mass is 312 g/mol. The highest BCUT2D eigenvalue weighted by Crippen LogP contribution is 2.27. The number of hydrogen-bond donors (Lipinski definition) is 3. The summed E-state index contributed by atoms with van der Waals surface area (Å²) in [7, 11) is 0. The van der Waals surface area contributed by atoms with Crippen molar-refractivity contribution in [3.8, 4) is 0 Å². The van der Waals surface area contributed by atoms with Crippen molar-refractivity contribution in [2.45, 2.75) is 18.9 Å². The summed E-state index contributed by atoms with van der Waals surface area (Å²) in [4.78, 5) is 22.7. The normalized spacial score (nSPS) is 17.8. The first-order valence-corrected chi connectivity index (χ1v) is 7.61. The van der Waals surface area contributed by atoms with Crippen LogP contribution in [0.4, 0.5) is 17.1 Å². The third-order valence-corrected chi connectivity index (χ3v) is 3.90. The molecular formula is C16H20N6O. The quantitative estimate of drug-likeness (QED) is 0.786. The van der Waals surface area contributed by atoms with Crippen LogP contribution < -0.4 is 21.7 Å². The lowest BCUT2D eigenvalue weighted by molar-refractivity contribution is 0.102. The molecule has 1 atom stereocenters. The summed E-state index contributed by atoms with van der Waals surface area (Å²) in [6.07, 6.45) is 6.93. The molecule has 5 N–H and O–H groups in total. The van der Waals surface area contributed by atoms with Crippen molar-refractivity contribution >= 4 is 23.0 Å². The van der Waals surface area contributed by atoms with E-state index in [4.69, 9.17) is 11.5 Å². The number of carbonyl (C=O) groups is 1. The van der Waals surface area contributed by atoms with Gasteiger partial charge < -0.3 is 21.7 Å². The number of hydrogen-bond acceptors (Lipinski definition) is 6. The number of carbonyl (C=O) groups excluding carboxylic acids is 1. The highest BCUT2D eigenvalue weighted by Gasteiger charge is 2.21. The molecule has 1 saturated heterocycles. The van der Waals surface area contributed by atoms with Gasteiger partial charge in [0.1, 0.15) is 0 Å². The number of rotatable bonds is 3. The lowest BCUT2D eigenvalue weighted by Crippen LogP contribution is -2.43. The summed E-state index contributed by atoms with van der Waals surface area (Å²) in [5.74, 6) is -0.348. The zero-order valence-electron chi connectivity index (χ0n) is 12.8. The van der Waals surface area contributed by atoms with Crippen LogP contribution in [0, 0.1) is 0 Å². The van der Waals surface area contributed by atoms with Crippen molar-refractivity contribution in [2.24, 2.45) is 5.73 Å². The third kappa shape index (κ3) is 3.40. The maximum Gasteiger partial charge on any atom is 0.276 e. The van der Waals surface area contributed by atoms with Crippen LogP contribution in [0.25, 0.3) is 0 Å². The predicted octanol–water partition coefficient (Wildman–Crippen LogP) is 1.24. The molecule has 3 heterocycles. The summed E-state index contributed by atoms with van der Waals surface area (Å²) < 4.78 is 0. The smallest absolute Gasteiger partial charge is 0.276 e. The van der Waals surface area contributed by atoms with E-state index in [0.717, 1.165) is 31.6 Å². The summed E-state index contributed by atoms with van der Waals surface area (Å²) >= 11 is 0. The predicted molar refractivity (Wildman–Crippen MR) is 90.3 cm³/mol. The molecule has 0 saturated carbocycles. The molecule has 2 aromatic rings. The fourth-order valence-corrected chi connectivity index (χ4v) is 2.78. The summed E-state index contributed by atoms with van der Waals surface area (Å²) in [6.45, 7) is 1.67. The second-order valence-corrected chi connectivity index (χ2v) is 5.64. The Hall–Kier alpha value is -2.67. The van der Waals surface area contributed by atoms with Gasteiger partial charge in [-0.05, 0) is 31.0 Å². The van der Waals surface area contributed by atoms with Gasteiger partial charge in [0.25, 0.3) is 5.91 Å². The second-order valence-electron chi connectivity index (χ2n) is 5.64. The molecule has 3 rings (SSSR count). The van der Waals surface area contributed by atoms with Crippen LogP contribution in [0.3, 0.4) is 0 Å². The number of nitrogen functional groups attached to an aromatic ring is 1. The van der Waals surface area contributed by atoms with Crippen LogP contribution in [0.1, 0.15) is 23.3 Å². The minimum Gasteiger partial charge on any atom is -0.397 e. The van der Waals surface area contributed by atoms with Crippen molar-refractivity contribution in [3.05, 3.63) is 42.5 Å². The number of amides is 1. The number of nitrogens with zero attached hydrogens (tertiary/aromatic N) is 3. The van der Waals surface area contributed by atoms with E-state index in [1.54, 1.807) is 30.7 Å². The molecule has 0 spiro atoms. The summed E-state index contributed by atoms with van der Waals surface area (Å²) in [5.41, 5.74) is 14.0. The molecule has 23 heavy (non-hydrogen) atoms. The van der Waals surface area contributed by atoms with Gasteiger partial charge in [-0.15, -0.1) is 0 Å². The molecule has 0 aromatic carbocycles. The zero-order valence-corrected chi connectivity index (χ0v) is 12.8. The van der Waals surface area contributed by atoms with Crippen molar-refractivity contribution in [2.75, 3.05) is 29.0 Å². The van der Waals surface area contributed by atoms with Crippen molar-refractivity contribution in [1.82, 2.24) is 9.97 Å². The summed E-state index contributed by atoms with van der Waals surface area (Å²) in [5, 5.41) is 2.85. The topological polar surface area (TPSA) is 110 Å². The minimum atomic E-state index is -0.348. The first-order chi connectivity index (χ1) is 11.1. The van der Waals surface area contributed by atoms with E-state index in [0.29, 0.717) is 11.4 Å². The minimum absolute atomic E-state index is 0.145. The lowest BCUT2D eigenvalue weighted by atomic mass is 10.1. The van der Waals surface area contributed by atoms with Gasteiger partial charge in [-0.25, -0.2) is 4.98 Å². The Bertz CT molecular complexity index is 704. The standard InChI is InChI=1S/C16H20N6O/c17-11-3-2-8-22(10-11)14-5-7-19-9-13(14)21-16(23)15-12(18)4-1-6-20-15/h1,4-7,9,11H,2-3,8,10,17-18H2,(H,21,23)/t11-/m0/s1. The number of aromatic nitrogens is 2. The SMILES string of the molecule is Nc1cccnc1C(=O)Nc1cnccc1N1CCC[C@H](N)C1. The molecule has 1 aliphatic heterocycles. The van der Waals surface area contributed by atoms with Gasteiger partial charge in [-0.3, -0.25) is 9.78 Å². The van der Waals surface area contributed by atoms with E-state index in [1.165, 1.54) is 0 Å². The Morgan fingerprint density at radius 1 is 1.35 bits per heavy atom. The van der Waals surface area contributed by atoms with E-state index in [-0.39, 0.29) is 17.6 Å². The van der Waals surface area contributed by atoms with Crippen LogP contribution >= 0.6 is 0 Å². The maximum atomic E-state index is 12.4. The molecule has 0 bridgehead atoms. The molecule has 1 aliphatic rings. The van der Waals surface area contributed by atoms with Crippen molar-refractivity contribution in [3.63, 3.8) is 0 Å².